The average Bonchev–Trinajstić information content (AvgIpc) is 3.15. The first-order valence-corrected chi connectivity index (χ1v) is 7.43. The van der Waals surface area contributed by atoms with E-state index < -0.39 is 0 Å². The largest absolute Gasteiger partial charge is 0.468 e. The lowest BCUT2D eigenvalue weighted by molar-refractivity contribution is 0.0659. The number of furan rings is 1. The summed E-state index contributed by atoms with van der Waals surface area (Å²) in [4.78, 5) is 2.43. The van der Waals surface area contributed by atoms with Crippen LogP contribution in [-0.4, -0.2) is 36.7 Å². The summed E-state index contributed by atoms with van der Waals surface area (Å²) in [6, 6.07) is 2.94. The molecule has 4 heteroatoms. The molecule has 2 fully saturated rings. The fourth-order valence-corrected chi connectivity index (χ4v) is 2.60. The Bertz CT molecular complexity index is 401. The van der Waals surface area contributed by atoms with Crippen LogP contribution in [0.1, 0.15) is 37.5 Å². The molecular weight excluding hydrogens is 240 g/mol. The van der Waals surface area contributed by atoms with Crippen LogP contribution in [0.2, 0.25) is 0 Å². The Morgan fingerprint density at radius 3 is 3.16 bits per heavy atom. The summed E-state index contributed by atoms with van der Waals surface area (Å²) < 4.78 is 11.3. The van der Waals surface area contributed by atoms with Gasteiger partial charge in [-0.1, -0.05) is 0 Å². The normalized spacial score (nSPS) is 25.4. The molecular formula is C15H24N2O2. The van der Waals surface area contributed by atoms with Gasteiger partial charge in [0.25, 0.3) is 0 Å². The second-order valence-corrected chi connectivity index (χ2v) is 5.85. The zero-order chi connectivity index (χ0) is 13.1. The molecule has 106 valence electrons. The fourth-order valence-electron chi connectivity index (χ4n) is 2.60. The van der Waals surface area contributed by atoms with E-state index in [-0.39, 0.29) is 0 Å². The Morgan fingerprint density at radius 1 is 1.42 bits per heavy atom. The predicted molar refractivity (Wildman–Crippen MR) is 73.9 cm³/mol. The van der Waals surface area contributed by atoms with Crippen molar-refractivity contribution >= 4 is 0 Å². The van der Waals surface area contributed by atoms with Crippen molar-refractivity contribution in [2.75, 3.05) is 19.7 Å². The number of nitrogens with zero attached hydrogens (tertiary/aromatic N) is 1. The van der Waals surface area contributed by atoms with Gasteiger partial charge in [-0.05, 0) is 32.3 Å². The second kappa shape index (κ2) is 6.07. The first-order chi connectivity index (χ1) is 9.29. The summed E-state index contributed by atoms with van der Waals surface area (Å²) in [6.07, 6.45) is 5.99. The van der Waals surface area contributed by atoms with Gasteiger partial charge in [-0.25, -0.2) is 0 Å². The molecule has 0 bridgehead atoms. The van der Waals surface area contributed by atoms with Crippen LogP contribution in [0.15, 0.2) is 16.7 Å². The van der Waals surface area contributed by atoms with E-state index in [9.17, 15) is 0 Å². The number of hydrogen-bond donors (Lipinski definition) is 1. The summed E-state index contributed by atoms with van der Waals surface area (Å²) in [7, 11) is 0. The molecule has 0 amide bonds. The third kappa shape index (κ3) is 4.06. The molecule has 1 aromatic rings. The maximum absolute atomic E-state index is 5.67. The van der Waals surface area contributed by atoms with Gasteiger partial charge in [0.1, 0.15) is 5.76 Å². The van der Waals surface area contributed by atoms with E-state index in [1.54, 1.807) is 0 Å². The maximum atomic E-state index is 5.67. The van der Waals surface area contributed by atoms with Gasteiger partial charge in [-0.3, -0.25) is 4.90 Å². The van der Waals surface area contributed by atoms with Crippen molar-refractivity contribution in [3.05, 3.63) is 23.7 Å². The lowest BCUT2D eigenvalue weighted by Gasteiger charge is -2.20. The van der Waals surface area contributed by atoms with Crippen LogP contribution in [-0.2, 0) is 17.8 Å². The van der Waals surface area contributed by atoms with Crippen LogP contribution in [0, 0.1) is 0 Å². The minimum absolute atomic E-state index is 0.327. The molecule has 1 N–H and O–H groups in total. The highest BCUT2D eigenvalue weighted by molar-refractivity contribution is 5.13. The van der Waals surface area contributed by atoms with Crippen LogP contribution in [0.25, 0.3) is 0 Å². The first kappa shape index (κ1) is 13.2. The fraction of sp³-hybridized carbons (Fsp3) is 0.733. The summed E-state index contributed by atoms with van der Waals surface area (Å²) in [6.45, 7) is 6.96. The summed E-state index contributed by atoms with van der Waals surface area (Å²) in [5.74, 6) is 1.07. The summed E-state index contributed by atoms with van der Waals surface area (Å²) in [5, 5.41) is 3.51. The Labute approximate surface area is 115 Å². The van der Waals surface area contributed by atoms with Crippen molar-refractivity contribution in [1.82, 2.24) is 10.2 Å². The van der Waals surface area contributed by atoms with Crippen molar-refractivity contribution in [1.29, 1.82) is 0 Å². The van der Waals surface area contributed by atoms with E-state index in [0.29, 0.717) is 6.10 Å². The monoisotopic (exact) mass is 264 g/mol. The molecule has 4 nitrogen and oxygen atoms in total. The van der Waals surface area contributed by atoms with Crippen LogP contribution in [0.4, 0.5) is 0 Å². The zero-order valence-corrected chi connectivity index (χ0v) is 11.7. The van der Waals surface area contributed by atoms with E-state index in [1.807, 2.05) is 6.26 Å². The maximum Gasteiger partial charge on any atom is 0.118 e. The molecule has 1 unspecified atom stereocenters. The molecule has 0 aromatic carbocycles. The third-order valence-electron chi connectivity index (χ3n) is 3.80. The number of rotatable bonds is 5. The highest BCUT2D eigenvalue weighted by Crippen LogP contribution is 2.20. The average molecular weight is 264 g/mol. The lowest BCUT2D eigenvalue weighted by Crippen LogP contribution is -2.29. The molecule has 19 heavy (non-hydrogen) atoms. The Kier molecular flexibility index (Phi) is 4.21. The van der Waals surface area contributed by atoms with Crippen molar-refractivity contribution in [3.63, 3.8) is 0 Å². The molecule has 1 saturated carbocycles. The van der Waals surface area contributed by atoms with Gasteiger partial charge >= 0.3 is 0 Å². The van der Waals surface area contributed by atoms with Crippen LogP contribution in [0.3, 0.4) is 0 Å². The highest BCUT2D eigenvalue weighted by atomic mass is 16.5. The molecule has 2 heterocycles. The van der Waals surface area contributed by atoms with Crippen molar-refractivity contribution in [2.24, 2.45) is 0 Å². The SMILES string of the molecule is CC1CN(Cc2cc(CNC3CC3)co2)CCCO1. The standard InChI is InChI=1S/C15H24N2O2/c1-12-9-17(5-2-6-18-12)10-15-7-13(11-19-15)8-16-14-3-4-14/h7,11-12,14,16H,2-6,8-10H2,1H3. The Hall–Kier alpha value is -0.840. The van der Waals surface area contributed by atoms with Crippen molar-refractivity contribution in [2.45, 2.75) is 51.4 Å². The molecule has 0 spiro atoms. The molecule has 1 saturated heterocycles. The Balaban J connectivity index is 1.50. The molecule has 0 radical (unpaired) electrons. The van der Waals surface area contributed by atoms with Gasteiger partial charge < -0.3 is 14.5 Å². The summed E-state index contributed by atoms with van der Waals surface area (Å²) in [5.41, 5.74) is 1.26. The van der Waals surface area contributed by atoms with Crippen molar-refractivity contribution in [3.8, 4) is 0 Å². The Morgan fingerprint density at radius 2 is 2.32 bits per heavy atom. The van der Waals surface area contributed by atoms with Crippen LogP contribution < -0.4 is 5.32 Å². The van der Waals surface area contributed by atoms with Crippen LogP contribution in [0.5, 0.6) is 0 Å². The molecule has 2 aliphatic rings. The minimum Gasteiger partial charge on any atom is -0.468 e. The molecule has 3 rings (SSSR count). The third-order valence-corrected chi connectivity index (χ3v) is 3.80. The van der Waals surface area contributed by atoms with E-state index in [1.165, 1.54) is 18.4 Å². The quantitative estimate of drug-likeness (QED) is 0.884. The van der Waals surface area contributed by atoms with Gasteiger partial charge in [0.05, 0.1) is 18.9 Å². The number of nitrogens with one attached hydrogen (secondary N) is 1. The van der Waals surface area contributed by atoms with Crippen LogP contribution >= 0.6 is 0 Å². The van der Waals surface area contributed by atoms with Crippen molar-refractivity contribution < 1.29 is 9.15 Å². The minimum atomic E-state index is 0.327. The first-order valence-electron chi connectivity index (χ1n) is 7.43. The smallest absolute Gasteiger partial charge is 0.118 e. The molecule has 1 atom stereocenters. The van der Waals surface area contributed by atoms with Gasteiger partial charge in [-0.15, -0.1) is 0 Å². The summed E-state index contributed by atoms with van der Waals surface area (Å²) >= 11 is 0. The van der Waals surface area contributed by atoms with E-state index >= 15 is 0 Å². The zero-order valence-electron chi connectivity index (χ0n) is 11.7. The number of ether oxygens (including phenoxy) is 1. The van der Waals surface area contributed by atoms with E-state index in [2.05, 4.69) is 23.2 Å². The van der Waals surface area contributed by atoms with E-state index in [0.717, 1.165) is 51.0 Å². The van der Waals surface area contributed by atoms with Gasteiger partial charge in [0.15, 0.2) is 0 Å². The lowest BCUT2D eigenvalue weighted by atomic mass is 10.2. The van der Waals surface area contributed by atoms with E-state index in [4.69, 9.17) is 9.15 Å². The van der Waals surface area contributed by atoms with Gasteiger partial charge in [-0.2, -0.15) is 0 Å². The predicted octanol–water partition coefficient (Wildman–Crippen LogP) is 2.14. The highest BCUT2D eigenvalue weighted by Gasteiger charge is 2.20. The molecule has 1 aliphatic heterocycles. The molecule has 1 aromatic heterocycles. The number of hydrogen-bond acceptors (Lipinski definition) is 4. The second-order valence-electron chi connectivity index (χ2n) is 5.85. The van der Waals surface area contributed by atoms with Gasteiger partial charge in [0, 0.05) is 37.8 Å². The topological polar surface area (TPSA) is 37.6 Å². The van der Waals surface area contributed by atoms with Gasteiger partial charge in [0.2, 0.25) is 0 Å². The molecule has 1 aliphatic carbocycles.